The molecule has 3 nitrogen and oxygen atoms in total. The number of carbonyl (C=O) groups is 1. The molecule has 0 saturated heterocycles. The van der Waals surface area contributed by atoms with E-state index in [1.807, 2.05) is 44.2 Å². The molecule has 0 fully saturated rings. The number of anilines is 1. The molecule has 1 unspecified atom stereocenters. The van der Waals surface area contributed by atoms with Crippen molar-refractivity contribution in [1.82, 2.24) is 5.32 Å². The summed E-state index contributed by atoms with van der Waals surface area (Å²) in [5, 5.41) is 8.40. The minimum absolute atomic E-state index is 0.0430. The van der Waals surface area contributed by atoms with Crippen molar-refractivity contribution in [2.24, 2.45) is 0 Å². The first-order valence-corrected chi connectivity index (χ1v) is 8.55. The van der Waals surface area contributed by atoms with Crippen LogP contribution in [0.3, 0.4) is 0 Å². The summed E-state index contributed by atoms with van der Waals surface area (Å²) >= 11 is 5.26. The summed E-state index contributed by atoms with van der Waals surface area (Å²) in [6.07, 6.45) is 0. The van der Waals surface area contributed by atoms with Crippen LogP contribution >= 0.6 is 27.3 Å². The Morgan fingerprint density at radius 2 is 2.00 bits per heavy atom. The summed E-state index contributed by atoms with van der Waals surface area (Å²) in [5.41, 5.74) is 1.62. The summed E-state index contributed by atoms with van der Waals surface area (Å²) < 4.78 is 1.11. The lowest BCUT2D eigenvalue weighted by molar-refractivity contribution is 0.0943. The molecule has 1 aromatic heterocycles. The average molecular weight is 367 g/mol. The fraction of sp³-hybridized carbons (Fsp3) is 0.312. The van der Waals surface area contributed by atoms with Crippen molar-refractivity contribution in [3.8, 4) is 0 Å². The highest BCUT2D eigenvalue weighted by atomic mass is 79.9. The molecule has 2 rings (SSSR count). The quantitative estimate of drug-likeness (QED) is 0.795. The number of hydrogen-bond donors (Lipinski definition) is 2. The van der Waals surface area contributed by atoms with Gasteiger partial charge in [0.2, 0.25) is 0 Å². The van der Waals surface area contributed by atoms with Gasteiger partial charge in [-0.25, -0.2) is 0 Å². The van der Waals surface area contributed by atoms with E-state index in [1.54, 1.807) is 11.3 Å². The molecule has 2 aromatic rings. The van der Waals surface area contributed by atoms with E-state index in [1.165, 1.54) is 4.88 Å². The fourth-order valence-electron chi connectivity index (χ4n) is 2.03. The molecule has 0 saturated carbocycles. The molecule has 0 radical (unpaired) electrons. The lowest BCUT2D eigenvalue weighted by atomic mass is 10.1. The first-order valence-electron chi connectivity index (χ1n) is 6.87. The van der Waals surface area contributed by atoms with Crippen LogP contribution in [0.15, 0.2) is 40.2 Å². The average Bonchev–Trinajstić information content (AvgIpc) is 2.84. The zero-order valence-corrected chi connectivity index (χ0v) is 14.7. The summed E-state index contributed by atoms with van der Waals surface area (Å²) in [4.78, 5) is 13.3. The van der Waals surface area contributed by atoms with E-state index < -0.39 is 0 Å². The Bertz CT molecular complexity index is 624. The van der Waals surface area contributed by atoms with E-state index in [4.69, 9.17) is 0 Å². The number of thiophene rings is 1. The smallest absolute Gasteiger partial charge is 0.251 e. The number of nitrogens with one attached hydrogen (secondary N) is 2. The van der Waals surface area contributed by atoms with Crippen molar-refractivity contribution < 1.29 is 4.79 Å². The third-order valence-electron chi connectivity index (χ3n) is 2.97. The zero-order chi connectivity index (χ0) is 15.4. The van der Waals surface area contributed by atoms with E-state index in [0.717, 1.165) is 10.2 Å². The summed E-state index contributed by atoms with van der Waals surface area (Å²) in [6, 6.07) is 9.95. The molecule has 0 aliphatic carbocycles. The van der Waals surface area contributed by atoms with Crippen LogP contribution in [0.4, 0.5) is 5.69 Å². The van der Waals surface area contributed by atoms with Gasteiger partial charge in [-0.05, 0) is 66.3 Å². The highest BCUT2D eigenvalue weighted by Gasteiger charge is 2.12. The second-order valence-electron chi connectivity index (χ2n) is 5.21. The first-order chi connectivity index (χ1) is 9.97. The van der Waals surface area contributed by atoms with Gasteiger partial charge in [-0.3, -0.25) is 4.79 Å². The van der Waals surface area contributed by atoms with Gasteiger partial charge < -0.3 is 10.6 Å². The van der Waals surface area contributed by atoms with Gasteiger partial charge in [-0.2, -0.15) is 0 Å². The third-order valence-corrected chi connectivity index (χ3v) is 5.02. The Balaban J connectivity index is 2.11. The Hall–Kier alpha value is -1.33. The summed E-state index contributed by atoms with van der Waals surface area (Å²) in [5.74, 6) is -0.0430. The van der Waals surface area contributed by atoms with Gasteiger partial charge in [-0.15, -0.1) is 11.3 Å². The molecule has 1 amide bonds. The van der Waals surface area contributed by atoms with Crippen LogP contribution in [0.5, 0.6) is 0 Å². The van der Waals surface area contributed by atoms with Crippen LogP contribution in [-0.4, -0.2) is 11.9 Å². The number of hydrogen-bond acceptors (Lipinski definition) is 3. The molecular formula is C16H19BrN2OS. The van der Waals surface area contributed by atoms with E-state index in [9.17, 15) is 4.79 Å². The second-order valence-corrected chi connectivity index (χ2v) is 7.01. The molecule has 5 heteroatoms. The van der Waals surface area contributed by atoms with Crippen LogP contribution in [0, 0.1) is 0 Å². The van der Waals surface area contributed by atoms with Crippen molar-refractivity contribution in [2.45, 2.75) is 32.9 Å². The fourth-order valence-corrected chi connectivity index (χ4v) is 3.75. The lowest BCUT2D eigenvalue weighted by Crippen LogP contribution is -2.30. The lowest BCUT2D eigenvalue weighted by Gasteiger charge is -2.15. The maximum atomic E-state index is 12.0. The largest absolute Gasteiger partial charge is 0.378 e. The molecule has 112 valence electrons. The highest BCUT2D eigenvalue weighted by Crippen LogP contribution is 2.31. The minimum atomic E-state index is -0.0430. The molecule has 0 spiro atoms. The van der Waals surface area contributed by atoms with Crippen molar-refractivity contribution >= 4 is 38.9 Å². The number of amides is 1. The first kappa shape index (κ1) is 16.0. The molecule has 2 N–H and O–H groups in total. The number of benzene rings is 1. The van der Waals surface area contributed by atoms with Crippen LogP contribution in [0.2, 0.25) is 0 Å². The van der Waals surface area contributed by atoms with Gasteiger partial charge in [0.1, 0.15) is 0 Å². The van der Waals surface area contributed by atoms with Crippen molar-refractivity contribution in [1.29, 1.82) is 0 Å². The van der Waals surface area contributed by atoms with Crippen LogP contribution in [0.1, 0.15) is 42.0 Å². The zero-order valence-electron chi connectivity index (χ0n) is 12.3. The van der Waals surface area contributed by atoms with E-state index >= 15 is 0 Å². The highest BCUT2D eigenvalue weighted by molar-refractivity contribution is 9.10. The van der Waals surface area contributed by atoms with E-state index in [-0.39, 0.29) is 18.0 Å². The van der Waals surface area contributed by atoms with Gasteiger partial charge in [0.25, 0.3) is 5.91 Å². The van der Waals surface area contributed by atoms with Crippen molar-refractivity contribution in [3.05, 3.63) is 50.6 Å². The Kier molecular flexibility index (Phi) is 5.42. The SMILES string of the molecule is CC(C)NC(=O)c1cccc(NC(C)c2sccc2Br)c1. The predicted octanol–water partition coefficient (Wildman–Crippen LogP) is 4.82. The van der Waals surface area contributed by atoms with E-state index in [0.29, 0.717) is 5.56 Å². The third kappa shape index (κ3) is 4.32. The van der Waals surface area contributed by atoms with Gasteiger partial charge in [0, 0.05) is 26.6 Å². The molecule has 0 aliphatic heterocycles. The van der Waals surface area contributed by atoms with Crippen molar-refractivity contribution in [2.75, 3.05) is 5.32 Å². The van der Waals surface area contributed by atoms with Crippen molar-refractivity contribution in [3.63, 3.8) is 0 Å². The molecule has 0 aliphatic rings. The topological polar surface area (TPSA) is 41.1 Å². The van der Waals surface area contributed by atoms with Crippen LogP contribution in [0.25, 0.3) is 0 Å². The normalized spacial score (nSPS) is 12.2. The standard InChI is InChI=1S/C16H19BrN2OS/c1-10(2)18-16(20)12-5-4-6-13(9-12)19-11(3)15-14(17)7-8-21-15/h4-11,19H,1-3H3,(H,18,20). The van der Waals surface area contributed by atoms with E-state index in [2.05, 4.69) is 38.9 Å². The predicted molar refractivity (Wildman–Crippen MR) is 93.1 cm³/mol. The second kappa shape index (κ2) is 7.09. The monoisotopic (exact) mass is 366 g/mol. The molecular weight excluding hydrogens is 348 g/mol. The molecule has 1 heterocycles. The van der Waals surface area contributed by atoms with Gasteiger partial charge in [0.15, 0.2) is 0 Å². The van der Waals surface area contributed by atoms with Gasteiger partial charge in [0.05, 0.1) is 6.04 Å². The minimum Gasteiger partial charge on any atom is -0.378 e. The Labute approximate surface area is 137 Å². The molecule has 1 atom stereocenters. The number of rotatable bonds is 5. The summed E-state index contributed by atoms with van der Waals surface area (Å²) in [6.45, 7) is 6.02. The number of carbonyl (C=O) groups excluding carboxylic acids is 1. The van der Waals surface area contributed by atoms with Crippen LogP contribution < -0.4 is 10.6 Å². The van der Waals surface area contributed by atoms with Crippen LogP contribution in [-0.2, 0) is 0 Å². The molecule has 1 aromatic carbocycles. The Morgan fingerprint density at radius 1 is 1.24 bits per heavy atom. The maximum Gasteiger partial charge on any atom is 0.251 e. The summed E-state index contributed by atoms with van der Waals surface area (Å²) in [7, 11) is 0. The Morgan fingerprint density at radius 3 is 2.62 bits per heavy atom. The van der Waals surface area contributed by atoms with Gasteiger partial charge in [-0.1, -0.05) is 6.07 Å². The number of halogens is 1. The molecule has 21 heavy (non-hydrogen) atoms. The molecule has 0 bridgehead atoms. The maximum absolute atomic E-state index is 12.0. The van der Waals surface area contributed by atoms with Gasteiger partial charge >= 0.3 is 0 Å².